The van der Waals surface area contributed by atoms with Crippen LogP contribution in [0.1, 0.15) is 36.4 Å². The third-order valence-electron chi connectivity index (χ3n) is 3.23. The molecule has 1 amide bonds. The van der Waals surface area contributed by atoms with E-state index < -0.39 is 0 Å². The van der Waals surface area contributed by atoms with Gasteiger partial charge in [0.05, 0.1) is 6.10 Å². The number of anilines is 2. The van der Waals surface area contributed by atoms with E-state index >= 15 is 0 Å². The molecule has 0 radical (unpaired) electrons. The summed E-state index contributed by atoms with van der Waals surface area (Å²) in [4.78, 5) is 19.1. The Labute approximate surface area is 123 Å². The Morgan fingerprint density at radius 3 is 2.90 bits per heavy atom. The molecular formula is C13H22N4O2S. The number of rotatable bonds is 6. The Balaban J connectivity index is 1.95. The van der Waals surface area contributed by atoms with Crippen molar-refractivity contribution in [2.45, 2.75) is 32.8 Å². The molecule has 1 saturated heterocycles. The standard InChI is InChI=1S/C13H22N4O2S/c1-3-19-9(2)8-15-12(18)10-11(14)16-13(20-10)17-6-4-5-7-17/h9H,3-8,14H2,1-2H3,(H,15,18). The highest BCUT2D eigenvalue weighted by atomic mass is 32.1. The molecule has 2 rings (SSSR count). The zero-order valence-corrected chi connectivity index (χ0v) is 12.8. The van der Waals surface area contributed by atoms with Crippen LogP contribution in [0.2, 0.25) is 0 Å². The highest BCUT2D eigenvalue weighted by Crippen LogP contribution is 2.30. The molecule has 6 nitrogen and oxygen atoms in total. The Kier molecular flexibility index (Phi) is 5.19. The van der Waals surface area contributed by atoms with Crippen molar-refractivity contribution in [2.75, 3.05) is 36.9 Å². The van der Waals surface area contributed by atoms with Gasteiger partial charge in [-0.3, -0.25) is 4.79 Å². The van der Waals surface area contributed by atoms with Gasteiger partial charge in [-0.05, 0) is 26.7 Å². The first kappa shape index (κ1) is 15.1. The molecule has 0 bridgehead atoms. The SMILES string of the molecule is CCOC(C)CNC(=O)c1sc(N2CCCC2)nc1N. The number of amides is 1. The summed E-state index contributed by atoms with van der Waals surface area (Å²) in [7, 11) is 0. The normalized spacial score (nSPS) is 16.4. The second-order valence-electron chi connectivity index (χ2n) is 4.88. The largest absolute Gasteiger partial charge is 0.382 e. The molecule has 2 heterocycles. The van der Waals surface area contributed by atoms with Crippen LogP contribution < -0.4 is 16.0 Å². The number of hydrogen-bond acceptors (Lipinski definition) is 6. The quantitative estimate of drug-likeness (QED) is 0.831. The highest BCUT2D eigenvalue weighted by molar-refractivity contribution is 7.18. The van der Waals surface area contributed by atoms with Crippen LogP contribution in [0, 0.1) is 0 Å². The summed E-state index contributed by atoms with van der Waals surface area (Å²) < 4.78 is 5.38. The molecule has 1 aromatic heterocycles. The topological polar surface area (TPSA) is 80.5 Å². The van der Waals surface area contributed by atoms with Crippen LogP contribution in [0.3, 0.4) is 0 Å². The average molecular weight is 298 g/mol. The minimum Gasteiger partial charge on any atom is -0.382 e. The van der Waals surface area contributed by atoms with Crippen molar-refractivity contribution in [3.63, 3.8) is 0 Å². The number of carbonyl (C=O) groups excluding carboxylic acids is 1. The maximum atomic E-state index is 12.1. The molecule has 1 atom stereocenters. The smallest absolute Gasteiger partial charge is 0.265 e. The minimum absolute atomic E-state index is 0.00357. The van der Waals surface area contributed by atoms with Gasteiger partial charge < -0.3 is 20.7 Å². The van der Waals surface area contributed by atoms with E-state index in [0.717, 1.165) is 18.2 Å². The molecule has 1 aromatic rings. The summed E-state index contributed by atoms with van der Waals surface area (Å²) in [6.45, 7) is 6.96. The zero-order chi connectivity index (χ0) is 14.5. The fourth-order valence-electron chi connectivity index (χ4n) is 2.19. The number of carbonyl (C=O) groups is 1. The first-order valence-corrected chi connectivity index (χ1v) is 7.84. The van der Waals surface area contributed by atoms with E-state index in [1.807, 2.05) is 13.8 Å². The Morgan fingerprint density at radius 2 is 2.25 bits per heavy atom. The highest BCUT2D eigenvalue weighted by Gasteiger charge is 2.21. The summed E-state index contributed by atoms with van der Waals surface area (Å²) in [6, 6.07) is 0. The number of aromatic nitrogens is 1. The molecule has 1 fully saturated rings. The van der Waals surface area contributed by atoms with Gasteiger partial charge >= 0.3 is 0 Å². The molecule has 20 heavy (non-hydrogen) atoms. The zero-order valence-electron chi connectivity index (χ0n) is 12.0. The first-order valence-electron chi connectivity index (χ1n) is 7.02. The Hall–Kier alpha value is -1.34. The van der Waals surface area contributed by atoms with E-state index in [1.165, 1.54) is 24.2 Å². The van der Waals surface area contributed by atoms with Gasteiger partial charge in [-0.1, -0.05) is 11.3 Å². The van der Waals surface area contributed by atoms with Gasteiger partial charge in [0.25, 0.3) is 5.91 Å². The molecule has 3 N–H and O–H groups in total. The molecule has 0 aliphatic carbocycles. The van der Waals surface area contributed by atoms with E-state index in [-0.39, 0.29) is 12.0 Å². The van der Waals surface area contributed by atoms with Crippen molar-refractivity contribution >= 4 is 28.2 Å². The summed E-state index contributed by atoms with van der Waals surface area (Å²) in [5.41, 5.74) is 5.86. The monoisotopic (exact) mass is 298 g/mol. The van der Waals surface area contributed by atoms with Crippen molar-refractivity contribution in [1.29, 1.82) is 0 Å². The van der Waals surface area contributed by atoms with E-state index in [0.29, 0.717) is 23.8 Å². The number of nitrogens with one attached hydrogen (secondary N) is 1. The molecule has 1 aliphatic rings. The van der Waals surface area contributed by atoms with Crippen molar-refractivity contribution in [2.24, 2.45) is 0 Å². The molecule has 1 aliphatic heterocycles. The van der Waals surface area contributed by atoms with Crippen LogP contribution in [-0.2, 0) is 4.74 Å². The van der Waals surface area contributed by atoms with Crippen LogP contribution in [-0.4, -0.2) is 43.2 Å². The molecule has 0 spiro atoms. The van der Waals surface area contributed by atoms with Gasteiger partial charge in [-0.15, -0.1) is 0 Å². The van der Waals surface area contributed by atoms with Crippen LogP contribution in [0.25, 0.3) is 0 Å². The van der Waals surface area contributed by atoms with E-state index in [2.05, 4.69) is 15.2 Å². The van der Waals surface area contributed by atoms with Crippen LogP contribution in [0.5, 0.6) is 0 Å². The van der Waals surface area contributed by atoms with Gasteiger partial charge in [-0.25, -0.2) is 4.98 Å². The average Bonchev–Trinajstić information content (AvgIpc) is 3.05. The lowest BCUT2D eigenvalue weighted by Gasteiger charge is -2.12. The molecule has 1 unspecified atom stereocenters. The number of ether oxygens (including phenoxy) is 1. The number of hydrogen-bond donors (Lipinski definition) is 2. The van der Waals surface area contributed by atoms with Crippen molar-refractivity contribution in [3.05, 3.63) is 4.88 Å². The lowest BCUT2D eigenvalue weighted by atomic mass is 10.4. The van der Waals surface area contributed by atoms with Crippen LogP contribution in [0.4, 0.5) is 10.9 Å². The van der Waals surface area contributed by atoms with Crippen molar-refractivity contribution in [1.82, 2.24) is 10.3 Å². The van der Waals surface area contributed by atoms with Crippen molar-refractivity contribution in [3.8, 4) is 0 Å². The van der Waals surface area contributed by atoms with Gasteiger partial charge in [0.1, 0.15) is 10.7 Å². The number of thiazole rings is 1. The summed E-state index contributed by atoms with van der Waals surface area (Å²) in [6.07, 6.45) is 2.34. The Morgan fingerprint density at radius 1 is 1.55 bits per heavy atom. The molecule has 112 valence electrons. The van der Waals surface area contributed by atoms with Gasteiger partial charge in [0, 0.05) is 26.2 Å². The van der Waals surface area contributed by atoms with Crippen LogP contribution in [0.15, 0.2) is 0 Å². The van der Waals surface area contributed by atoms with Crippen LogP contribution >= 0.6 is 11.3 Å². The second-order valence-corrected chi connectivity index (χ2v) is 5.86. The predicted molar refractivity (Wildman–Crippen MR) is 81.4 cm³/mol. The maximum absolute atomic E-state index is 12.1. The molecule has 7 heteroatoms. The lowest BCUT2D eigenvalue weighted by molar-refractivity contribution is 0.0697. The molecule has 0 aromatic carbocycles. The summed E-state index contributed by atoms with van der Waals surface area (Å²) in [5, 5.41) is 3.69. The Bertz CT molecular complexity index is 457. The predicted octanol–water partition coefficient (Wildman–Crippen LogP) is 1.48. The fourth-order valence-corrected chi connectivity index (χ4v) is 3.14. The second kappa shape index (κ2) is 6.90. The fraction of sp³-hybridized carbons (Fsp3) is 0.692. The van der Waals surface area contributed by atoms with Gasteiger partial charge in [-0.2, -0.15) is 0 Å². The third-order valence-corrected chi connectivity index (χ3v) is 4.36. The molecular weight excluding hydrogens is 276 g/mol. The number of nitrogens with zero attached hydrogens (tertiary/aromatic N) is 2. The minimum atomic E-state index is -0.169. The van der Waals surface area contributed by atoms with Gasteiger partial charge in [0.15, 0.2) is 5.13 Å². The summed E-state index contributed by atoms with van der Waals surface area (Å²) in [5.74, 6) is 0.149. The summed E-state index contributed by atoms with van der Waals surface area (Å²) >= 11 is 1.37. The van der Waals surface area contributed by atoms with Gasteiger partial charge in [0.2, 0.25) is 0 Å². The maximum Gasteiger partial charge on any atom is 0.265 e. The number of nitrogen functional groups attached to an aromatic ring is 1. The van der Waals surface area contributed by atoms with Crippen molar-refractivity contribution < 1.29 is 9.53 Å². The van der Waals surface area contributed by atoms with E-state index in [1.54, 1.807) is 0 Å². The number of nitrogens with two attached hydrogens (primary N) is 1. The molecule has 0 saturated carbocycles. The lowest BCUT2D eigenvalue weighted by Crippen LogP contribution is -2.32. The van der Waals surface area contributed by atoms with E-state index in [4.69, 9.17) is 10.5 Å². The third kappa shape index (κ3) is 3.61. The van der Waals surface area contributed by atoms with E-state index in [9.17, 15) is 4.79 Å². The first-order chi connectivity index (χ1) is 9.61.